The highest BCUT2D eigenvalue weighted by atomic mass is 35.5. The van der Waals surface area contributed by atoms with Gasteiger partial charge in [-0.15, -0.1) is 22.7 Å². The third-order valence-corrected chi connectivity index (χ3v) is 4.97. The van der Waals surface area contributed by atoms with Gasteiger partial charge in [0.25, 0.3) is 5.91 Å². The molecule has 0 spiro atoms. The maximum atomic E-state index is 12.3. The normalized spacial score (nSPS) is 17.7. The second-order valence-electron chi connectivity index (χ2n) is 4.15. The number of carbonyl (C=O) groups excluding carboxylic acids is 1. The molecule has 0 saturated heterocycles. The Kier molecular flexibility index (Phi) is 3.73. The van der Waals surface area contributed by atoms with E-state index in [1.54, 1.807) is 19.3 Å². The third kappa shape index (κ3) is 2.56. The molecule has 0 aromatic carbocycles. The first-order valence-electron chi connectivity index (χ1n) is 5.80. The molecular formula is C12H10ClN3O2S2. The van der Waals surface area contributed by atoms with Crippen molar-refractivity contribution in [3.8, 4) is 0 Å². The quantitative estimate of drug-likeness (QED) is 0.870. The molecular weight excluding hydrogens is 318 g/mol. The van der Waals surface area contributed by atoms with Gasteiger partial charge in [0, 0.05) is 25.0 Å². The van der Waals surface area contributed by atoms with Crippen LogP contribution < -0.4 is 4.90 Å². The summed E-state index contributed by atoms with van der Waals surface area (Å²) in [6, 6.07) is 3.69. The molecule has 0 saturated carbocycles. The minimum atomic E-state index is -0.597. The second kappa shape index (κ2) is 5.51. The molecule has 0 radical (unpaired) electrons. The van der Waals surface area contributed by atoms with Gasteiger partial charge < -0.3 is 4.84 Å². The summed E-state index contributed by atoms with van der Waals surface area (Å²) >= 11 is 8.73. The molecule has 2 aromatic heterocycles. The van der Waals surface area contributed by atoms with Crippen molar-refractivity contribution in [1.82, 2.24) is 4.98 Å². The van der Waals surface area contributed by atoms with Gasteiger partial charge in [-0.2, -0.15) is 0 Å². The molecule has 8 heteroatoms. The first-order chi connectivity index (χ1) is 9.65. The van der Waals surface area contributed by atoms with Crippen LogP contribution in [-0.2, 0) is 9.63 Å². The summed E-state index contributed by atoms with van der Waals surface area (Å²) in [6.07, 6.45) is 1.51. The van der Waals surface area contributed by atoms with Crippen LogP contribution in [-0.4, -0.2) is 29.8 Å². The minimum absolute atomic E-state index is 0.152. The van der Waals surface area contributed by atoms with Crippen molar-refractivity contribution in [3.05, 3.63) is 32.9 Å². The summed E-state index contributed by atoms with van der Waals surface area (Å²) in [4.78, 5) is 24.1. The van der Waals surface area contributed by atoms with Crippen molar-refractivity contribution in [2.45, 2.75) is 12.5 Å². The monoisotopic (exact) mass is 327 g/mol. The largest absolute Gasteiger partial charge is 0.382 e. The van der Waals surface area contributed by atoms with Crippen LogP contribution in [0.3, 0.4) is 0 Å². The van der Waals surface area contributed by atoms with Crippen molar-refractivity contribution in [1.29, 1.82) is 0 Å². The van der Waals surface area contributed by atoms with Crippen molar-refractivity contribution in [2.24, 2.45) is 5.16 Å². The van der Waals surface area contributed by atoms with Gasteiger partial charge in [0.2, 0.25) is 6.10 Å². The molecule has 1 aliphatic heterocycles. The van der Waals surface area contributed by atoms with Gasteiger partial charge in [0.05, 0.1) is 9.21 Å². The number of carbonyl (C=O) groups is 1. The predicted octanol–water partition coefficient (Wildman–Crippen LogP) is 3.01. The van der Waals surface area contributed by atoms with Crippen LogP contribution in [0.5, 0.6) is 0 Å². The number of amides is 1. The molecule has 1 unspecified atom stereocenters. The number of hydrogen-bond donors (Lipinski definition) is 0. The number of halogens is 1. The number of thiophene rings is 1. The lowest BCUT2D eigenvalue weighted by Gasteiger charge is -2.16. The summed E-state index contributed by atoms with van der Waals surface area (Å²) in [5.41, 5.74) is 0.757. The first kappa shape index (κ1) is 13.5. The number of likely N-dealkylation sites (N-methyl/N-ethyl adjacent to an activating group) is 1. The standard InChI is InChI=1S/C12H10ClN3O2S2/c1-16(12-14-4-5-19-12)11(17)8-6-7(15-18-8)9-2-3-10(13)20-9/h2-5,8H,6H2,1H3. The van der Waals surface area contributed by atoms with Gasteiger partial charge in [0.1, 0.15) is 5.71 Å². The second-order valence-corrected chi connectivity index (χ2v) is 6.74. The van der Waals surface area contributed by atoms with E-state index in [4.69, 9.17) is 16.4 Å². The highest BCUT2D eigenvalue weighted by Gasteiger charge is 2.32. The van der Waals surface area contributed by atoms with Gasteiger partial charge >= 0.3 is 0 Å². The fraction of sp³-hybridized carbons (Fsp3) is 0.250. The van der Waals surface area contributed by atoms with Crippen LogP contribution in [0.4, 0.5) is 5.13 Å². The van der Waals surface area contributed by atoms with Gasteiger partial charge in [-0.1, -0.05) is 16.8 Å². The number of anilines is 1. The average Bonchev–Trinajstić information content (AvgIpc) is 3.17. The topological polar surface area (TPSA) is 54.8 Å². The molecule has 5 nitrogen and oxygen atoms in total. The number of aromatic nitrogens is 1. The molecule has 3 heterocycles. The van der Waals surface area contributed by atoms with E-state index in [1.165, 1.54) is 27.6 Å². The number of hydrogen-bond acceptors (Lipinski definition) is 6. The fourth-order valence-corrected chi connectivity index (χ4v) is 3.46. The lowest BCUT2D eigenvalue weighted by atomic mass is 10.1. The summed E-state index contributed by atoms with van der Waals surface area (Å²) in [7, 11) is 1.69. The summed E-state index contributed by atoms with van der Waals surface area (Å²) in [6.45, 7) is 0. The van der Waals surface area contributed by atoms with Crippen molar-refractivity contribution >= 4 is 51.0 Å². The van der Waals surface area contributed by atoms with E-state index in [0.717, 1.165) is 10.6 Å². The Labute approximate surface area is 128 Å². The van der Waals surface area contributed by atoms with E-state index in [-0.39, 0.29) is 5.91 Å². The predicted molar refractivity (Wildman–Crippen MR) is 80.9 cm³/mol. The zero-order valence-corrected chi connectivity index (χ0v) is 12.8. The van der Waals surface area contributed by atoms with Gasteiger partial charge in [0.15, 0.2) is 5.13 Å². The number of nitrogens with zero attached hydrogens (tertiary/aromatic N) is 3. The number of thiazole rings is 1. The zero-order chi connectivity index (χ0) is 14.1. The molecule has 1 aliphatic rings. The van der Waals surface area contributed by atoms with E-state index >= 15 is 0 Å². The van der Waals surface area contributed by atoms with Crippen LogP contribution in [0.2, 0.25) is 4.34 Å². The minimum Gasteiger partial charge on any atom is -0.382 e. The molecule has 0 bridgehead atoms. The summed E-state index contributed by atoms with van der Waals surface area (Å²) in [5, 5.41) is 6.46. The van der Waals surface area contributed by atoms with Crippen LogP contribution >= 0.6 is 34.3 Å². The maximum absolute atomic E-state index is 12.3. The van der Waals surface area contributed by atoms with Crippen LogP contribution in [0, 0.1) is 0 Å². The maximum Gasteiger partial charge on any atom is 0.272 e. The molecule has 20 heavy (non-hydrogen) atoms. The van der Waals surface area contributed by atoms with Gasteiger partial charge in [-0.25, -0.2) is 4.98 Å². The Morgan fingerprint density at radius 2 is 2.40 bits per heavy atom. The van der Waals surface area contributed by atoms with Crippen LogP contribution in [0.25, 0.3) is 0 Å². The highest BCUT2D eigenvalue weighted by Crippen LogP contribution is 2.27. The first-order valence-corrected chi connectivity index (χ1v) is 7.88. The molecule has 1 amide bonds. The van der Waals surface area contributed by atoms with Crippen molar-refractivity contribution in [3.63, 3.8) is 0 Å². The van der Waals surface area contributed by atoms with E-state index in [1.807, 2.05) is 11.4 Å². The third-order valence-electron chi connectivity index (χ3n) is 2.84. The Hall–Kier alpha value is -1.44. The Bertz CT molecular complexity index is 653. The summed E-state index contributed by atoms with van der Waals surface area (Å²) < 4.78 is 0.692. The van der Waals surface area contributed by atoms with Crippen LogP contribution in [0.1, 0.15) is 11.3 Å². The molecule has 1 atom stereocenters. The Morgan fingerprint density at radius 1 is 1.55 bits per heavy atom. The van der Waals surface area contributed by atoms with Gasteiger partial charge in [-0.05, 0) is 12.1 Å². The van der Waals surface area contributed by atoms with Gasteiger partial charge in [-0.3, -0.25) is 9.69 Å². The number of oxime groups is 1. The Morgan fingerprint density at radius 3 is 3.05 bits per heavy atom. The molecule has 2 aromatic rings. The van der Waals surface area contributed by atoms with Crippen molar-refractivity contribution in [2.75, 3.05) is 11.9 Å². The highest BCUT2D eigenvalue weighted by molar-refractivity contribution is 7.18. The van der Waals surface area contributed by atoms with E-state index in [0.29, 0.717) is 15.9 Å². The average molecular weight is 328 g/mol. The van der Waals surface area contributed by atoms with E-state index in [2.05, 4.69) is 10.1 Å². The van der Waals surface area contributed by atoms with Crippen molar-refractivity contribution < 1.29 is 9.63 Å². The number of rotatable bonds is 3. The molecule has 0 fully saturated rings. The smallest absolute Gasteiger partial charge is 0.272 e. The molecule has 104 valence electrons. The lowest BCUT2D eigenvalue weighted by molar-refractivity contribution is -0.128. The Balaban J connectivity index is 1.68. The summed E-state index contributed by atoms with van der Waals surface area (Å²) in [5.74, 6) is -0.152. The van der Waals surface area contributed by atoms with E-state index in [9.17, 15) is 4.79 Å². The fourth-order valence-electron chi connectivity index (χ4n) is 1.82. The SMILES string of the molecule is CN(C(=O)C1CC(c2ccc(Cl)s2)=NO1)c1nccs1. The van der Waals surface area contributed by atoms with E-state index < -0.39 is 6.10 Å². The van der Waals surface area contributed by atoms with Crippen LogP contribution in [0.15, 0.2) is 28.9 Å². The lowest BCUT2D eigenvalue weighted by Crippen LogP contribution is -2.36. The molecule has 3 rings (SSSR count). The zero-order valence-electron chi connectivity index (χ0n) is 10.4. The molecule has 0 aliphatic carbocycles. The molecule has 0 N–H and O–H groups in total.